The lowest BCUT2D eigenvalue weighted by Crippen LogP contribution is -2.46. The first kappa shape index (κ1) is 14.4. The monoisotopic (exact) mass is 216 g/mol. The van der Waals surface area contributed by atoms with Crippen molar-refractivity contribution >= 4 is 5.91 Å². The van der Waals surface area contributed by atoms with Gasteiger partial charge in [0.2, 0.25) is 5.91 Å². The van der Waals surface area contributed by atoms with Crippen LogP contribution in [0.2, 0.25) is 0 Å². The van der Waals surface area contributed by atoms with Crippen molar-refractivity contribution in [2.75, 3.05) is 13.6 Å². The lowest BCUT2D eigenvalue weighted by molar-refractivity contribution is -0.136. The van der Waals surface area contributed by atoms with Crippen LogP contribution in [0.15, 0.2) is 0 Å². The van der Waals surface area contributed by atoms with Crippen LogP contribution in [-0.2, 0) is 9.53 Å². The van der Waals surface area contributed by atoms with Crippen LogP contribution in [0.25, 0.3) is 0 Å². The van der Waals surface area contributed by atoms with Gasteiger partial charge in [-0.2, -0.15) is 0 Å². The van der Waals surface area contributed by atoms with Gasteiger partial charge in [-0.3, -0.25) is 4.79 Å². The van der Waals surface area contributed by atoms with Crippen molar-refractivity contribution in [2.45, 2.75) is 52.4 Å². The molecular formula is C11H24N2O2. The molecule has 0 saturated heterocycles. The highest BCUT2D eigenvalue weighted by molar-refractivity contribution is 5.80. The van der Waals surface area contributed by atoms with Gasteiger partial charge in [-0.25, -0.2) is 0 Å². The molecule has 4 heteroatoms. The normalized spacial score (nSPS) is 15.9. The van der Waals surface area contributed by atoms with E-state index in [4.69, 9.17) is 4.74 Å². The van der Waals surface area contributed by atoms with Crippen LogP contribution in [-0.4, -0.2) is 37.2 Å². The van der Waals surface area contributed by atoms with Gasteiger partial charge in [0.1, 0.15) is 6.10 Å². The number of hydrogen-bond acceptors (Lipinski definition) is 3. The van der Waals surface area contributed by atoms with E-state index in [1.54, 1.807) is 6.92 Å². The van der Waals surface area contributed by atoms with E-state index in [0.717, 1.165) is 6.54 Å². The van der Waals surface area contributed by atoms with Crippen molar-refractivity contribution in [2.24, 2.45) is 0 Å². The number of hydrogen-bond donors (Lipinski definition) is 2. The molecule has 1 amide bonds. The summed E-state index contributed by atoms with van der Waals surface area (Å²) in [5.41, 5.74) is -0.207. The van der Waals surface area contributed by atoms with E-state index in [0.29, 0.717) is 0 Å². The Kier molecular flexibility index (Phi) is 5.83. The summed E-state index contributed by atoms with van der Waals surface area (Å²) >= 11 is 0. The Morgan fingerprint density at radius 3 is 2.27 bits per heavy atom. The van der Waals surface area contributed by atoms with Crippen LogP contribution >= 0.6 is 0 Å². The third-order valence-electron chi connectivity index (χ3n) is 1.80. The summed E-state index contributed by atoms with van der Waals surface area (Å²) in [7, 11) is 1.86. The fraction of sp³-hybridized carbons (Fsp3) is 0.909. The molecule has 0 aliphatic carbocycles. The number of rotatable bonds is 5. The topological polar surface area (TPSA) is 50.4 Å². The first-order valence-corrected chi connectivity index (χ1v) is 5.38. The van der Waals surface area contributed by atoms with E-state index in [-0.39, 0.29) is 17.6 Å². The van der Waals surface area contributed by atoms with Crippen LogP contribution in [0, 0.1) is 0 Å². The molecule has 90 valence electrons. The van der Waals surface area contributed by atoms with Crippen molar-refractivity contribution < 1.29 is 9.53 Å². The lowest BCUT2D eigenvalue weighted by atomic mass is 10.1. The zero-order valence-electron chi connectivity index (χ0n) is 10.7. The highest BCUT2D eigenvalue weighted by Gasteiger charge is 2.20. The molecule has 0 aliphatic heterocycles. The zero-order valence-corrected chi connectivity index (χ0v) is 10.7. The van der Waals surface area contributed by atoms with E-state index < -0.39 is 6.10 Å². The summed E-state index contributed by atoms with van der Waals surface area (Å²) in [5.74, 6) is -0.0644. The Balaban J connectivity index is 3.99. The molecule has 0 aromatic carbocycles. The first-order chi connectivity index (χ1) is 6.76. The minimum absolute atomic E-state index is 0.0377. The fourth-order valence-corrected chi connectivity index (χ4v) is 1.22. The largest absolute Gasteiger partial charge is 0.364 e. The highest BCUT2D eigenvalue weighted by atomic mass is 16.5. The minimum Gasteiger partial charge on any atom is -0.364 e. The van der Waals surface area contributed by atoms with E-state index >= 15 is 0 Å². The Morgan fingerprint density at radius 1 is 1.33 bits per heavy atom. The van der Waals surface area contributed by atoms with Crippen molar-refractivity contribution in [1.82, 2.24) is 10.6 Å². The Bertz CT molecular complexity index is 199. The van der Waals surface area contributed by atoms with Gasteiger partial charge in [0, 0.05) is 12.1 Å². The number of ether oxygens (including phenoxy) is 1. The molecule has 15 heavy (non-hydrogen) atoms. The van der Waals surface area contributed by atoms with Gasteiger partial charge in [-0.1, -0.05) is 0 Å². The Labute approximate surface area is 92.8 Å². The molecule has 0 rings (SSSR count). The maximum absolute atomic E-state index is 11.6. The maximum atomic E-state index is 11.6. The van der Waals surface area contributed by atoms with Crippen LogP contribution in [0.3, 0.4) is 0 Å². The Hall–Kier alpha value is -0.610. The second-order valence-corrected chi connectivity index (χ2v) is 4.89. The second kappa shape index (κ2) is 6.08. The Morgan fingerprint density at radius 2 is 1.87 bits per heavy atom. The SMILES string of the molecule is CNCC(C)OC(C)C(=O)NC(C)(C)C. The quantitative estimate of drug-likeness (QED) is 0.718. The maximum Gasteiger partial charge on any atom is 0.249 e. The number of carbonyl (C=O) groups excluding carboxylic acids is 1. The van der Waals surface area contributed by atoms with Gasteiger partial charge in [-0.05, 0) is 41.7 Å². The van der Waals surface area contributed by atoms with E-state index in [1.807, 2.05) is 34.7 Å². The van der Waals surface area contributed by atoms with Gasteiger partial charge >= 0.3 is 0 Å². The smallest absolute Gasteiger partial charge is 0.249 e. The van der Waals surface area contributed by atoms with Crippen molar-refractivity contribution in [3.8, 4) is 0 Å². The third kappa shape index (κ3) is 7.33. The summed E-state index contributed by atoms with van der Waals surface area (Å²) < 4.78 is 5.52. The van der Waals surface area contributed by atoms with E-state index in [1.165, 1.54) is 0 Å². The number of likely N-dealkylation sites (N-methyl/N-ethyl adjacent to an activating group) is 1. The van der Waals surface area contributed by atoms with Crippen molar-refractivity contribution in [3.63, 3.8) is 0 Å². The molecule has 0 spiro atoms. The molecule has 2 N–H and O–H groups in total. The molecular weight excluding hydrogens is 192 g/mol. The van der Waals surface area contributed by atoms with Gasteiger partial charge < -0.3 is 15.4 Å². The third-order valence-corrected chi connectivity index (χ3v) is 1.80. The van der Waals surface area contributed by atoms with Crippen molar-refractivity contribution in [3.05, 3.63) is 0 Å². The number of nitrogens with one attached hydrogen (secondary N) is 2. The van der Waals surface area contributed by atoms with Gasteiger partial charge in [0.05, 0.1) is 6.10 Å². The summed E-state index contributed by atoms with van der Waals surface area (Å²) in [4.78, 5) is 11.6. The molecule has 0 saturated carbocycles. The average Bonchev–Trinajstić information content (AvgIpc) is 2.00. The molecule has 0 aromatic rings. The van der Waals surface area contributed by atoms with Gasteiger partial charge in [0.15, 0.2) is 0 Å². The molecule has 0 bridgehead atoms. The standard InChI is InChI=1S/C11H24N2O2/c1-8(7-12-6)15-9(2)10(14)13-11(3,4)5/h8-9,12H,7H2,1-6H3,(H,13,14). The predicted molar refractivity (Wildman–Crippen MR) is 61.8 cm³/mol. The van der Waals surface area contributed by atoms with E-state index in [9.17, 15) is 4.79 Å². The number of amides is 1. The fourth-order valence-electron chi connectivity index (χ4n) is 1.22. The molecule has 0 radical (unpaired) electrons. The predicted octanol–water partition coefficient (Wildman–Crippen LogP) is 0.914. The first-order valence-electron chi connectivity index (χ1n) is 5.38. The van der Waals surface area contributed by atoms with Gasteiger partial charge in [0.25, 0.3) is 0 Å². The number of carbonyl (C=O) groups is 1. The van der Waals surface area contributed by atoms with Crippen LogP contribution in [0.4, 0.5) is 0 Å². The summed E-state index contributed by atoms with van der Waals surface area (Å²) in [6, 6.07) is 0. The molecule has 2 atom stereocenters. The van der Waals surface area contributed by atoms with Crippen LogP contribution < -0.4 is 10.6 Å². The lowest BCUT2D eigenvalue weighted by Gasteiger charge is -2.25. The minimum atomic E-state index is -0.410. The van der Waals surface area contributed by atoms with Crippen LogP contribution in [0.1, 0.15) is 34.6 Å². The van der Waals surface area contributed by atoms with Gasteiger partial charge in [-0.15, -0.1) is 0 Å². The van der Waals surface area contributed by atoms with Crippen molar-refractivity contribution in [1.29, 1.82) is 0 Å². The summed E-state index contributed by atoms with van der Waals surface area (Å²) in [5, 5.41) is 5.89. The molecule has 0 fully saturated rings. The molecule has 2 unspecified atom stereocenters. The highest BCUT2D eigenvalue weighted by Crippen LogP contribution is 2.03. The summed E-state index contributed by atoms with van der Waals surface area (Å²) in [6.45, 7) is 10.3. The van der Waals surface area contributed by atoms with E-state index in [2.05, 4.69) is 10.6 Å². The molecule has 0 aliphatic rings. The second-order valence-electron chi connectivity index (χ2n) is 4.89. The molecule has 0 aromatic heterocycles. The average molecular weight is 216 g/mol. The van der Waals surface area contributed by atoms with Crippen LogP contribution in [0.5, 0.6) is 0 Å². The summed E-state index contributed by atoms with van der Waals surface area (Å²) in [6.07, 6.45) is -0.372. The molecule has 4 nitrogen and oxygen atoms in total. The zero-order chi connectivity index (χ0) is 12.1. The molecule has 0 heterocycles.